The minimum absolute atomic E-state index is 0.0340. The van der Waals surface area contributed by atoms with E-state index in [1.54, 1.807) is 12.1 Å². The molecule has 1 aliphatic heterocycles. The quantitative estimate of drug-likeness (QED) is 0.817. The predicted octanol–water partition coefficient (Wildman–Crippen LogP) is 2.12. The van der Waals surface area contributed by atoms with Crippen LogP contribution in [-0.4, -0.2) is 17.2 Å². The lowest BCUT2D eigenvalue weighted by molar-refractivity contribution is -0.138. The first-order valence-corrected chi connectivity index (χ1v) is 4.70. The maximum Gasteiger partial charge on any atom is 0.307 e. The molecule has 0 aromatic heterocycles. The van der Waals surface area contributed by atoms with Crippen molar-refractivity contribution in [3.63, 3.8) is 0 Å². The molecule has 0 unspecified atom stereocenters. The van der Waals surface area contributed by atoms with Crippen molar-refractivity contribution in [1.82, 2.24) is 0 Å². The third kappa shape index (κ3) is 1.82. The molecule has 1 heterocycles. The van der Waals surface area contributed by atoms with Crippen molar-refractivity contribution in [2.45, 2.75) is 18.9 Å². The highest BCUT2D eigenvalue weighted by molar-refractivity contribution is 6.30. The summed E-state index contributed by atoms with van der Waals surface area (Å²) in [6.07, 6.45) is 0.412. The molecule has 0 amide bonds. The van der Waals surface area contributed by atoms with Crippen LogP contribution in [0, 0.1) is 0 Å². The Morgan fingerprint density at radius 2 is 2.43 bits per heavy atom. The standard InChI is InChI=1S/C10H9ClO3/c11-7-1-2-9-6(3-7)4-8(14-9)5-10(12)13/h1-3,8H,4-5H2,(H,12,13)/t8-/m1/s1. The third-order valence-corrected chi connectivity index (χ3v) is 2.40. The number of rotatable bonds is 2. The van der Waals surface area contributed by atoms with Gasteiger partial charge in [-0.2, -0.15) is 0 Å². The highest BCUT2D eigenvalue weighted by Crippen LogP contribution is 2.31. The molecule has 0 fully saturated rings. The smallest absolute Gasteiger partial charge is 0.307 e. The topological polar surface area (TPSA) is 46.5 Å². The number of carboxylic acid groups (broad SMARTS) is 1. The van der Waals surface area contributed by atoms with Gasteiger partial charge in [0.05, 0.1) is 6.42 Å². The first-order chi connectivity index (χ1) is 6.65. The van der Waals surface area contributed by atoms with Gasteiger partial charge in [0.15, 0.2) is 0 Å². The number of halogens is 1. The summed E-state index contributed by atoms with van der Waals surface area (Å²) in [6, 6.07) is 5.34. The van der Waals surface area contributed by atoms with E-state index >= 15 is 0 Å². The Morgan fingerprint density at radius 1 is 1.64 bits per heavy atom. The van der Waals surface area contributed by atoms with Crippen LogP contribution in [0.3, 0.4) is 0 Å². The summed E-state index contributed by atoms with van der Waals surface area (Å²) in [5, 5.41) is 9.26. The number of hydrogen-bond donors (Lipinski definition) is 1. The Bertz CT molecular complexity index is 376. The molecule has 0 radical (unpaired) electrons. The molecule has 0 aliphatic carbocycles. The summed E-state index contributed by atoms with van der Waals surface area (Å²) in [4.78, 5) is 10.5. The highest BCUT2D eigenvalue weighted by atomic mass is 35.5. The van der Waals surface area contributed by atoms with Gasteiger partial charge in [-0.15, -0.1) is 0 Å². The zero-order valence-electron chi connectivity index (χ0n) is 7.37. The largest absolute Gasteiger partial charge is 0.489 e. The zero-order valence-corrected chi connectivity index (χ0v) is 8.12. The van der Waals surface area contributed by atoms with Crippen LogP contribution in [-0.2, 0) is 11.2 Å². The number of carboxylic acids is 1. The van der Waals surface area contributed by atoms with Gasteiger partial charge in [0, 0.05) is 11.4 Å². The SMILES string of the molecule is O=C(O)C[C@H]1Cc2cc(Cl)ccc2O1. The van der Waals surface area contributed by atoms with Gasteiger partial charge in [0.25, 0.3) is 0 Å². The predicted molar refractivity (Wildman–Crippen MR) is 51.8 cm³/mol. The second-order valence-corrected chi connectivity index (χ2v) is 3.73. The van der Waals surface area contributed by atoms with Gasteiger partial charge in [-0.05, 0) is 23.8 Å². The van der Waals surface area contributed by atoms with Gasteiger partial charge >= 0.3 is 5.97 Å². The van der Waals surface area contributed by atoms with Gasteiger partial charge in [0.1, 0.15) is 11.9 Å². The van der Waals surface area contributed by atoms with Crippen molar-refractivity contribution in [3.05, 3.63) is 28.8 Å². The van der Waals surface area contributed by atoms with E-state index in [2.05, 4.69) is 0 Å². The summed E-state index contributed by atoms with van der Waals surface area (Å²) in [5.41, 5.74) is 0.990. The van der Waals surface area contributed by atoms with Crippen molar-refractivity contribution >= 4 is 17.6 Å². The van der Waals surface area contributed by atoms with E-state index in [1.807, 2.05) is 6.07 Å². The van der Waals surface area contributed by atoms with E-state index in [0.717, 1.165) is 11.3 Å². The van der Waals surface area contributed by atoms with Crippen LogP contribution >= 0.6 is 11.6 Å². The van der Waals surface area contributed by atoms with E-state index in [9.17, 15) is 4.79 Å². The van der Waals surface area contributed by atoms with Crippen molar-refractivity contribution in [2.75, 3.05) is 0 Å². The van der Waals surface area contributed by atoms with Crippen LogP contribution in [0.15, 0.2) is 18.2 Å². The van der Waals surface area contributed by atoms with Crippen molar-refractivity contribution in [3.8, 4) is 5.75 Å². The molecule has 0 saturated carbocycles. The Morgan fingerprint density at radius 3 is 3.14 bits per heavy atom. The van der Waals surface area contributed by atoms with Gasteiger partial charge < -0.3 is 9.84 Å². The maximum absolute atomic E-state index is 10.5. The number of aliphatic carboxylic acids is 1. The van der Waals surface area contributed by atoms with E-state index in [4.69, 9.17) is 21.4 Å². The Balaban J connectivity index is 2.14. The van der Waals surface area contributed by atoms with Gasteiger partial charge in [-0.1, -0.05) is 11.6 Å². The van der Waals surface area contributed by atoms with E-state index in [0.29, 0.717) is 11.4 Å². The first kappa shape index (κ1) is 9.34. The molecule has 1 aromatic carbocycles. The monoisotopic (exact) mass is 212 g/mol. The van der Waals surface area contributed by atoms with Crippen molar-refractivity contribution in [2.24, 2.45) is 0 Å². The molecule has 1 atom stereocenters. The minimum atomic E-state index is -0.839. The fourth-order valence-electron chi connectivity index (χ4n) is 1.60. The number of fused-ring (bicyclic) bond motifs is 1. The third-order valence-electron chi connectivity index (χ3n) is 2.17. The molecule has 0 saturated heterocycles. The Hall–Kier alpha value is -1.22. The molecule has 4 heteroatoms. The summed E-state index contributed by atoms with van der Waals surface area (Å²) in [7, 11) is 0. The van der Waals surface area contributed by atoms with Crippen LogP contribution in [0.4, 0.5) is 0 Å². The summed E-state index contributed by atoms with van der Waals surface area (Å²) in [5.74, 6) is -0.0884. The molecule has 0 bridgehead atoms. The number of ether oxygens (including phenoxy) is 1. The molecular formula is C10H9ClO3. The second-order valence-electron chi connectivity index (χ2n) is 3.29. The van der Waals surface area contributed by atoms with Crippen LogP contribution in [0.5, 0.6) is 5.75 Å². The fraction of sp³-hybridized carbons (Fsp3) is 0.300. The maximum atomic E-state index is 10.5. The van der Waals surface area contributed by atoms with E-state index < -0.39 is 5.97 Å². The summed E-state index contributed by atoms with van der Waals surface area (Å²) < 4.78 is 5.43. The minimum Gasteiger partial charge on any atom is -0.489 e. The second kappa shape index (κ2) is 3.50. The molecule has 1 aromatic rings. The number of hydrogen-bond acceptors (Lipinski definition) is 2. The molecule has 0 spiro atoms. The fourth-order valence-corrected chi connectivity index (χ4v) is 1.79. The number of benzene rings is 1. The van der Waals surface area contributed by atoms with Crippen LogP contribution in [0.2, 0.25) is 5.02 Å². The lowest BCUT2D eigenvalue weighted by Gasteiger charge is -2.06. The Labute approximate surface area is 86.3 Å². The van der Waals surface area contributed by atoms with Crippen LogP contribution in [0.1, 0.15) is 12.0 Å². The lowest BCUT2D eigenvalue weighted by Crippen LogP contribution is -2.17. The van der Waals surface area contributed by atoms with E-state index in [1.165, 1.54) is 0 Å². The van der Waals surface area contributed by atoms with Crippen LogP contribution in [0.25, 0.3) is 0 Å². The molecule has 14 heavy (non-hydrogen) atoms. The molecule has 1 aliphatic rings. The summed E-state index contributed by atoms with van der Waals surface area (Å²) >= 11 is 5.80. The molecule has 74 valence electrons. The molecule has 2 rings (SSSR count). The average molecular weight is 213 g/mol. The van der Waals surface area contributed by atoms with Gasteiger partial charge in [-0.3, -0.25) is 4.79 Å². The molecular weight excluding hydrogens is 204 g/mol. The van der Waals surface area contributed by atoms with Gasteiger partial charge in [0.2, 0.25) is 0 Å². The van der Waals surface area contributed by atoms with Crippen molar-refractivity contribution in [1.29, 1.82) is 0 Å². The summed E-state index contributed by atoms with van der Waals surface area (Å²) in [6.45, 7) is 0. The highest BCUT2D eigenvalue weighted by Gasteiger charge is 2.24. The van der Waals surface area contributed by atoms with Gasteiger partial charge in [-0.25, -0.2) is 0 Å². The Kier molecular flexibility index (Phi) is 2.33. The molecule has 1 N–H and O–H groups in total. The van der Waals surface area contributed by atoms with E-state index in [-0.39, 0.29) is 12.5 Å². The van der Waals surface area contributed by atoms with Crippen LogP contribution < -0.4 is 4.74 Å². The average Bonchev–Trinajstić information content (AvgIpc) is 2.44. The number of carbonyl (C=O) groups is 1. The lowest BCUT2D eigenvalue weighted by atomic mass is 10.1. The van der Waals surface area contributed by atoms with Crippen molar-refractivity contribution < 1.29 is 14.6 Å². The zero-order chi connectivity index (χ0) is 10.1. The first-order valence-electron chi connectivity index (χ1n) is 4.32. The normalized spacial score (nSPS) is 18.8. The molecule has 3 nitrogen and oxygen atoms in total.